The fraction of sp³-hybridized carbons (Fsp3) is 0.286. The van der Waals surface area contributed by atoms with Crippen LogP contribution < -0.4 is 22.2 Å². The average molecular weight is 397 g/mol. The van der Waals surface area contributed by atoms with Gasteiger partial charge in [-0.1, -0.05) is 13.8 Å². The van der Waals surface area contributed by atoms with E-state index in [1.54, 1.807) is 37.7 Å². The number of aliphatic imine (C=N–C) groups is 2. The molecule has 0 saturated heterocycles. The lowest BCUT2D eigenvalue weighted by molar-refractivity contribution is -0.105. The lowest BCUT2D eigenvalue weighted by Gasteiger charge is -2.30. The van der Waals surface area contributed by atoms with Gasteiger partial charge in [0, 0.05) is 41.9 Å². The monoisotopic (exact) mass is 396 g/mol. The molecule has 0 bridgehead atoms. The van der Waals surface area contributed by atoms with Crippen molar-refractivity contribution in [3.05, 3.63) is 70.1 Å². The molecule has 0 fully saturated rings. The summed E-state index contributed by atoms with van der Waals surface area (Å²) in [5.41, 5.74) is 17.0. The zero-order valence-corrected chi connectivity index (χ0v) is 17.6. The third-order valence-corrected chi connectivity index (χ3v) is 4.35. The second-order valence-electron chi connectivity index (χ2n) is 6.87. The number of amidine groups is 1. The minimum absolute atomic E-state index is 0.252. The Morgan fingerprint density at radius 3 is 2.59 bits per heavy atom. The summed E-state index contributed by atoms with van der Waals surface area (Å²) in [6, 6.07) is 0. The van der Waals surface area contributed by atoms with Crippen LogP contribution >= 0.6 is 0 Å². The normalized spacial score (nSPS) is 18.5. The molecule has 0 aromatic rings. The van der Waals surface area contributed by atoms with Gasteiger partial charge in [-0.2, -0.15) is 0 Å². The summed E-state index contributed by atoms with van der Waals surface area (Å²) in [4.78, 5) is 14.0. The molecule has 2 aliphatic rings. The lowest BCUT2D eigenvalue weighted by atomic mass is 10.0. The third kappa shape index (κ3) is 5.32. The Kier molecular flexibility index (Phi) is 7.33. The van der Waals surface area contributed by atoms with Crippen LogP contribution in [-0.4, -0.2) is 37.5 Å². The molecule has 2 heterocycles. The van der Waals surface area contributed by atoms with E-state index in [2.05, 4.69) is 15.3 Å². The smallest absolute Gasteiger partial charge is 0.163 e. The maximum atomic E-state index is 6.08. The molecular weight excluding hydrogens is 366 g/mol. The van der Waals surface area contributed by atoms with E-state index >= 15 is 0 Å². The van der Waals surface area contributed by atoms with Gasteiger partial charge in [-0.25, -0.2) is 10.1 Å². The highest BCUT2D eigenvalue weighted by Crippen LogP contribution is 2.29. The molecular formula is C21H30N7O+. The number of nitrogens with two attached hydrogens (primary N) is 3. The molecule has 0 atom stereocenters. The molecule has 2 rings (SSSR count). The highest BCUT2D eigenvalue weighted by atomic mass is 16.7. The van der Waals surface area contributed by atoms with Crippen molar-refractivity contribution in [3.63, 3.8) is 0 Å². The maximum Gasteiger partial charge on any atom is 0.163 e. The van der Waals surface area contributed by atoms with Crippen molar-refractivity contribution in [3.8, 4) is 0 Å². The first kappa shape index (κ1) is 21.9. The summed E-state index contributed by atoms with van der Waals surface area (Å²) in [5.74, 6) is 1.21. The number of hydrogen-bond acceptors (Lipinski definition) is 6. The maximum absolute atomic E-state index is 6.08. The van der Waals surface area contributed by atoms with E-state index in [0.29, 0.717) is 17.4 Å². The van der Waals surface area contributed by atoms with Crippen LogP contribution in [0.15, 0.2) is 80.1 Å². The number of dihydropyridines is 1. The van der Waals surface area contributed by atoms with Crippen LogP contribution in [-0.2, 0) is 4.84 Å². The predicted octanol–water partition coefficient (Wildman–Crippen LogP) is 0.663. The Bertz CT molecular complexity index is 907. The first-order valence-electron chi connectivity index (χ1n) is 9.26. The van der Waals surface area contributed by atoms with E-state index in [1.807, 2.05) is 45.2 Å². The van der Waals surface area contributed by atoms with E-state index in [0.717, 1.165) is 28.1 Å². The number of nitrogens with one attached hydrogen (secondary N) is 1. The summed E-state index contributed by atoms with van der Waals surface area (Å²) in [6.45, 7) is 5.91. The van der Waals surface area contributed by atoms with Gasteiger partial charge in [0.15, 0.2) is 6.21 Å². The average Bonchev–Trinajstić information content (AvgIpc) is 2.68. The van der Waals surface area contributed by atoms with Crippen molar-refractivity contribution >= 4 is 18.3 Å². The van der Waals surface area contributed by atoms with Gasteiger partial charge in [-0.15, -0.1) is 0 Å². The second-order valence-corrected chi connectivity index (χ2v) is 6.87. The first-order chi connectivity index (χ1) is 13.8. The summed E-state index contributed by atoms with van der Waals surface area (Å²) in [5, 5.41) is 10.6. The zero-order chi connectivity index (χ0) is 21.6. The van der Waals surface area contributed by atoms with Crippen LogP contribution in [0.2, 0.25) is 0 Å². The zero-order valence-electron chi connectivity index (χ0n) is 17.6. The molecule has 0 unspecified atom stereocenters. The Balaban J connectivity index is 2.40. The second kappa shape index (κ2) is 9.70. The third-order valence-electron chi connectivity index (χ3n) is 4.35. The van der Waals surface area contributed by atoms with Gasteiger partial charge < -0.3 is 16.8 Å². The Morgan fingerprint density at radius 2 is 2.03 bits per heavy atom. The fourth-order valence-electron chi connectivity index (χ4n) is 2.83. The standard InChI is InChI=1S/C21H29N7O/c1-13(2)15(10-22)9-20(24)27-21-7-6-19-18(26-21)8-16(12-28(19)29-5)17(11-25-4)14(3)23/h6-13,22,26H,23H2,1-5H3,(H2,24,27)/p+1. The van der Waals surface area contributed by atoms with Crippen LogP contribution in [0.5, 0.6) is 0 Å². The molecule has 0 aromatic heterocycles. The molecule has 0 aliphatic carbocycles. The van der Waals surface area contributed by atoms with Crippen LogP contribution in [0.1, 0.15) is 20.8 Å². The van der Waals surface area contributed by atoms with Crippen molar-refractivity contribution in [2.45, 2.75) is 20.8 Å². The largest absolute Gasteiger partial charge is 0.402 e. The molecule has 154 valence electrons. The number of nitrogens with zero attached hydrogens (tertiary/aromatic N) is 3. The minimum Gasteiger partial charge on any atom is -0.402 e. The van der Waals surface area contributed by atoms with Crippen LogP contribution in [0.4, 0.5) is 0 Å². The predicted molar refractivity (Wildman–Crippen MR) is 118 cm³/mol. The molecule has 8 nitrogen and oxygen atoms in total. The molecule has 0 aromatic carbocycles. The van der Waals surface area contributed by atoms with Crippen LogP contribution in [0.3, 0.4) is 0 Å². The number of hydrogen-bond donors (Lipinski definition) is 4. The van der Waals surface area contributed by atoms with Gasteiger partial charge in [-0.3, -0.25) is 15.2 Å². The fourth-order valence-corrected chi connectivity index (χ4v) is 2.83. The molecule has 0 saturated carbocycles. The summed E-state index contributed by atoms with van der Waals surface area (Å²) >= 11 is 0. The van der Waals surface area contributed by atoms with Crippen molar-refractivity contribution in [2.24, 2.45) is 27.4 Å². The van der Waals surface area contributed by atoms with Gasteiger partial charge in [0.1, 0.15) is 11.7 Å². The van der Waals surface area contributed by atoms with E-state index in [1.165, 1.54) is 0 Å². The van der Waals surface area contributed by atoms with E-state index in [4.69, 9.17) is 21.7 Å². The van der Waals surface area contributed by atoms with E-state index in [9.17, 15) is 0 Å². The Hall–Kier alpha value is -3.39. The quantitative estimate of drug-likeness (QED) is 0.371. The topological polar surface area (TPSA) is 127 Å². The molecule has 2 aliphatic heterocycles. The molecule has 7 N–H and O–H groups in total. The Morgan fingerprint density at radius 1 is 1.31 bits per heavy atom. The summed E-state index contributed by atoms with van der Waals surface area (Å²) in [7, 11) is 3.30. The molecule has 0 spiro atoms. The number of rotatable bonds is 7. The highest BCUT2D eigenvalue weighted by molar-refractivity contribution is 5.97. The minimum atomic E-state index is 0.252. The molecule has 8 heteroatoms. The van der Waals surface area contributed by atoms with Gasteiger partial charge in [0.05, 0.1) is 18.5 Å². The van der Waals surface area contributed by atoms with Crippen molar-refractivity contribution in [1.29, 1.82) is 0 Å². The number of hydroxylamine groups is 2. The summed E-state index contributed by atoms with van der Waals surface area (Å²) in [6.07, 6.45) is 12.6. The van der Waals surface area contributed by atoms with Crippen molar-refractivity contribution in [1.82, 2.24) is 10.4 Å². The molecule has 0 amide bonds. The van der Waals surface area contributed by atoms with Gasteiger partial charge in [0.25, 0.3) is 0 Å². The Labute approximate surface area is 171 Å². The highest BCUT2D eigenvalue weighted by Gasteiger charge is 2.23. The summed E-state index contributed by atoms with van der Waals surface area (Å²) < 4.78 is 0. The SMILES string of the molecule is CN=CC(C1=CN(OC)C2=CC=C(N=C(N)C=C(C=[NH2+])C(C)C)NC2=C1)=C(C)N. The van der Waals surface area contributed by atoms with Crippen LogP contribution in [0.25, 0.3) is 0 Å². The first-order valence-corrected chi connectivity index (χ1v) is 9.26. The molecule has 0 radical (unpaired) electrons. The van der Waals surface area contributed by atoms with Crippen LogP contribution in [0, 0.1) is 5.92 Å². The number of allylic oxidation sites excluding steroid dienone is 7. The van der Waals surface area contributed by atoms with Gasteiger partial charge in [-0.05, 0) is 37.1 Å². The lowest BCUT2D eigenvalue weighted by Crippen LogP contribution is -2.32. The van der Waals surface area contributed by atoms with Gasteiger partial charge in [0.2, 0.25) is 0 Å². The van der Waals surface area contributed by atoms with E-state index < -0.39 is 0 Å². The van der Waals surface area contributed by atoms with Gasteiger partial charge >= 0.3 is 0 Å². The van der Waals surface area contributed by atoms with Crippen molar-refractivity contribution in [2.75, 3.05) is 14.2 Å². The molecule has 29 heavy (non-hydrogen) atoms. The van der Waals surface area contributed by atoms with E-state index in [-0.39, 0.29) is 5.92 Å². The van der Waals surface area contributed by atoms with Crippen molar-refractivity contribution < 1.29 is 10.2 Å². The number of fused-ring (bicyclic) bond motifs is 1.